The van der Waals surface area contributed by atoms with Crippen LogP contribution in [-0.2, 0) is 0 Å². The van der Waals surface area contributed by atoms with Crippen LogP contribution in [0.3, 0.4) is 0 Å². The highest BCUT2D eigenvalue weighted by Crippen LogP contribution is 2.00. The summed E-state index contributed by atoms with van der Waals surface area (Å²) in [5.74, 6) is 0. The van der Waals surface area contributed by atoms with E-state index in [0.29, 0.717) is 0 Å². The van der Waals surface area contributed by atoms with Crippen molar-refractivity contribution in [1.29, 1.82) is 0 Å². The number of rotatable bonds is 3. The van der Waals surface area contributed by atoms with Crippen LogP contribution in [0.4, 0.5) is 4.79 Å². The van der Waals surface area contributed by atoms with Crippen molar-refractivity contribution >= 4 is 6.03 Å². The Hall–Kier alpha value is -1.07. The van der Waals surface area contributed by atoms with Gasteiger partial charge in [-0.1, -0.05) is 12.2 Å². The van der Waals surface area contributed by atoms with E-state index in [1.165, 1.54) is 0 Å². The Balaban J connectivity index is 1.60. The lowest BCUT2D eigenvalue weighted by Gasteiger charge is -2.28. The predicted molar refractivity (Wildman–Crippen MR) is 68.0 cm³/mol. The molecule has 2 aliphatic rings. The zero-order chi connectivity index (χ0) is 11.9. The molecule has 0 atom stereocenters. The predicted octanol–water partition coefficient (Wildman–Crippen LogP) is -0.137. The first-order valence-electron chi connectivity index (χ1n) is 6.47. The van der Waals surface area contributed by atoms with Gasteiger partial charge >= 0.3 is 6.03 Å². The lowest BCUT2D eigenvalue weighted by atomic mass is 10.3. The molecule has 0 spiro atoms. The summed E-state index contributed by atoms with van der Waals surface area (Å²) in [6.07, 6.45) is 5.16. The summed E-state index contributed by atoms with van der Waals surface area (Å²) in [5, 5.41) is 6.31. The summed E-state index contributed by atoms with van der Waals surface area (Å²) < 4.78 is 0. The molecule has 1 saturated heterocycles. The zero-order valence-electron chi connectivity index (χ0n) is 10.3. The molecule has 2 amide bonds. The van der Waals surface area contributed by atoms with E-state index in [1.807, 2.05) is 4.90 Å². The van der Waals surface area contributed by atoms with E-state index in [9.17, 15) is 4.79 Å². The molecule has 0 bridgehead atoms. The van der Waals surface area contributed by atoms with Gasteiger partial charge in [0, 0.05) is 52.4 Å². The molecule has 2 aliphatic heterocycles. The first-order chi connectivity index (χ1) is 8.36. The Morgan fingerprint density at radius 2 is 2.06 bits per heavy atom. The second-order valence-electron chi connectivity index (χ2n) is 4.53. The van der Waals surface area contributed by atoms with Crippen molar-refractivity contribution in [3.8, 4) is 0 Å². The molecular formula is C12H22N4O. The number of hydrogen-bond donors (Lipinski definition) is 2. The topological polar surface area (TPSA) is 47.6 Å². The first kappa shape index (κ1) is 12.4. The minimum Gasteiger partial charge on any atom is -0.337 e. The molecule has 1 fully saturated rings. The fraction of sp³-hybridized carbons (Fsp3) is 0.750. The van der Waals surface area contributed by atoms with Crippen LogP contribution >= 0.6 is 0 Å². The van der Waals surface area contributed by atoms with E-state index >= 15 is 0 Å². The highest BCUT2D eigenvalue weighted by atomic mass is 16.2. The number of carbonyl (C=O) groups is 1. The zero-order valence-corrected chi connectivity index (χ0v) is 10.3. The third kappa shape index (κ3) is 4.02. The molecule has 17 heavy (non-hydrogen) atoms. The lowest BCUT2D eigenvalue weighted by molar-refractivity contribution is 0.197. The van der Waals surface area contributed by atoms with Gasteiger partial charge in [-0.25, -0.2) is 4.79 Å². The third-order valence-corrected chi connectivity index (χ3v) is 3.26. The largest absolute Gasteiger partial charge is 0.337 e. The standard InChI is InChI=1S/C12H22N4O/c17-12(16-7-2-1-3-8-16)14-6-11-15-9-4-13-5-10-15/h1-2,13H,3-11H2,(H,14,17). The molecule has 2 N–H and O–H groups in total. The Morgan fingerprint density at radius 1 is 1.24 bits per heavy atom. The van der Waals surface area contributed by atoms with Crippen molar-refractivity contribution in [1.82, 2.24) is 20.4 Å². The maximum Gasteiger partial charge on any atom is 0.317 e. The Morgan fingerprint density at radius 3 is 2.76 bits per heavy atom. The lowest BCUT2D eigenvalue weighted by Crippen LogP contribution is -2.48. The fourth-order valence-electron chi connectivity index (χ4n) is 2.19. The molecule has 0 unspecified atom stereocenters. The van der Waals surface area contributed by atoms with Crippen molar-refractivity contribution in [2.45, 2.75) is 6.42 Å². The smallest absolute Gasteiger partial charge is 0.317 e. The summed E-state index contributed by atoms with van der Waals surface area (Å²) in [6.45, 7) is 7.59. The van der Waals surface area contributed by atoms with Gasteiger partial charge in [-0.05, 0) is 6.42 Å². The van der Waals surface area contributed by atoms with Gasteiger partial charge in [-0.3, -0.25) is 4.90 Å². The van der Waals surface area contributed by atoms with Crippen LogP contribution in [-0.4, -0.2) is 68.2 Å². The summed E-state index contributed by atoms with van der Waals surface area (Å²) in [6, 6.07) is 0.0736. The van der Waals surface area contributed by atoms with E-state index < -0.39 is 0 Å². The van der Waals surface area contributed by atoms with E-state index in [0.717, 1.165) is 58.8 Å². The number of hydrogen-bond acceptors (Lipinski definition) is 3. The highest BCUT2D eigenvalue weighted by molar-refractivity contribution is 5.74. The molecule has 0 saturated carbocycles. The van der Waals surface area contributed by atoms with Crippen LogP contribution < -0.4 is 10.6 Å². The molecule has 2 rings (SSSR count). The SMILES string of the molecule is O=C(NCCN1CCNCC1)N1CC=CCC1. The molecule has 96 valence electrons. The number of carbonyl (C=O) groups excluding carboxylic acids is 1. The first-order valence-corrected chi connectivity index (χ1v) is 6.47. The maximum atomic E-state index is 11.8. The Bertz CT molecular complexity index is 274. The summed E-state index contributed by atoms with van der Waals surface area (Å²) in [7, 11) is 0. The number of nitrogens with zero attached hydrogens (tertiary/aromatic N) is 2. The second kappa shape index (κ2) is 6.61. The van der Waals surface area contributed by atoms with Gasteiger partial charge in [0.05, 0.1) is 0 Å². The average molecular weight is 238 g/mol. The van der Waals surface area contributed by atoms with Crippen LogP contribution in [0.25, 0.3) is 0 Å². The monoisotopic (exact) mass is 238 g/mol. The molecule has 2 heterocycles. The summed E-state index contributed by atoms with van der Waals surface area (Å²) in [5.41, 5.74) is 0. The molecule has 0 aromatic rings. The number of piperazine rings is 1. The van der Waals surface area contributed by atoms with Gasteiger partial charge < -0.3 is 15.5 Å². The van der Waals surface area contributed by atoms with E-state index in [2.05, 4.69) is 27.7 Å². The molecule has 5 heteroatoms. The van der Waals surface area contributed by atoms with E-state index in [4.69, 9.17) is 0 Å². The van der Waals surface area contributed by atoms with Crippen molar-refractivity contribution < 1.29 is 4.79 Å². The van der Waals surface area contributed by atoms with Crippen molar-refractivity contribution in [3.63, 3.8) is 0 Å². The van der Waals surface area contributed by atoms with Crippen molar-refractivity contribution in [2.75, 3.05) is 52.4 Å². The van der Waals surface area contributed by atoms with Crippen LogP contribution in [0.15, 0.2) is 12.2 Å². The summed E-state index contributed by atoms with van der Waals surface area (Å²) in [4.78, 5) is 16.0. The third-order valence-electron chi connectivity index (χ3n) is 3.26. The maximum absolute atomic E-state index is 11.8. The van der Waals surface area contributed by atoms with Gasteiger partial charge in [-0.15, -0.1) is 0 Å². The molecule has 0 aromatic carbocycles. The van der Waals surface area contributed by atoms with Crippen LogP contribution in [0.5, 0.6) is 0 Å². The Kier molecular flexibility index (Phi) is 4.82. The van der Waals surface area contributed by atoms with Crippen molar-refractivity contribution in [2.24, 2.45) is 0 Å². The normalized spacial score (nSPS) is 21.5. The minimum absolute atomic E-state index is 0.0736. The Labute approximate surface area is 103 Å². The van der Waals surface area contributed by atoms with Crippen LogP contribution in [0.2, 0.25) is 0 Å². The van der Waals surface area contributed by atoms with Crippen molar-refractivity contribution in [3.05, 3.63) is 12.2 Å². The molecule has 0 radical (unpaired) electrons. The summed E-state index contributed by atoms with van der Waals surface area (Å²) >= 11 is 0. The van der Waals surface area contributed by atoms with Crippen LogP contribution in [0.1, 0.15) is 6.42 Å². The van der Waals surface area contributed by atoms with E-state index in [1.54, 1.807) is 0 Å². The fourth-order valence-corrected chi connectivity index (χ4v) is 2.19. The number of amides is 2. The van der Waals surface area contributed by atoms with E-state index in [-0.39, 0.29) is 6.03 Å². The van der Waals surface area contributed by atoms with Gasteiger partial charge in [0.1, 0.15) is 0 Å². The van der Waals surface area contributed by atoms with Crippen LogP contribution in [0, 0.1) is 0 Å². The molecule has 0 aliphatic carbocycles. The second-order valence-corrected chi connectivity index (χ2v) is 4.53. The minimum atomic E-state index is 0.0736. The molecular weight excluding hydrogens is 216 g/mol. The number of nitrogens with one attached hydrogen (secondary N) is 2. The average Bonchev–Trinajstić information content (AvgIpc) is 2.41. The van der Waals surface area contributed by atoms with Gasteiger partial charge in [0.25, 0.3) is 0 Å². The van der Waals surface area contributed by atoms with Gasteiger partial charge in [0.2, 0.25) is 0 Å². The van der Waals surface area contributed by atoms with Gasteiger partial charge in [-0.2, -0.15) is 0 Å². The van der Waals surface area contributed by atoms with Gasteiger partial charge in [0.15, 0.2) is 0 Å². The highest BCUT2D eigenvalue weighted by Gasteiger charge is 2.14. The molecule has 5 nitrogen and oxygen atoms in total. The number of urea groups is 1. The quantitative estimate of drug-likeness (QED) is 0.673. The molecule has 0 aromatic heterocycles.